The van der Waals surface area contributed by atoms with Crippen LogP contribution in [0.25, 0.3) is 0 Å². The number of rotatable bonds is 6. The second kappa shape index (κ2) is 9.84. The van der Waals surface area contributed by atoms with E-state index < -0.39 is 0 Å². The summed E-state index contributed by atoms with van der Waals surface area (Å²) in [4.78, 5) is 27.4. The maximum absolute atomic E-state index is 12.9. The SMILES string of the molecule is Cc1nc([C@@H]2CCCCN2Cc2ccccc2)nc2c1CCC(=O)N2CCc1ccccc1. The van der Waals surface area contributed by atoms with Gasteiger partial charge in [-0.05, 0) is 50.3 Å². The Hall–Kier alpha value is -3.05. The summed E-state index contributed by atoms with van der Waals surface area (Å²) in [5.41, 5.74) is 4.72. The largest absolute Gasteiger partial charge is 0.296 e. The Morgan fingerprint density at radius 1 is 0.909 bits per heavy atom. The van der Waals surface area contributed by atoms with E-state index in [-0.39, 0.29) is 11.9 Å². The summed E-state index contributed by atoms with van der Waals surface area (Å²) >= 11 is 0. The standard InChI is InChI=1S/C28H32N4O/c1-21-24-15-16-26(33)32(19-17-22-10-4-2-5-11-22)28(24)30-27(29-21)25-14-8-9-18-31(25)20-23-12-6-3-7-13-23/h2-7,10-13,25H,8-9,14-20H2,1H3/t25-/m0/s1. The summed E-state index contributed by atoms with van der Waals surface area (Å²) in [6.07, 6.45) is 5.55. The van der Waals surface area contributed by atoms with Gasteiger partial charge in [0.25, 0.3) is 0 Å². The number of likely N-dealkylation sites (tertiary alicyclic amines) is 1. The van der Waals surface area contributed by atoms with Crippen molar-refractivity contribution in [3.8, 4) is 0 Å². The lowest BCUT2D eigenvalue weighted by Crippen LogP contribution is -2.39. The van der Waals surface area contributed by atoms with Crippen molar-refractivity contribution in [2.24, 2.45) is 0 Å². The smallest absolute Gasteiger partial charge is 0.228 e. The third-order valence-corrected chi connectivity index (χ3v) is 6.96. The van der Waals surface area contributed by atoms with Crippen molar-refractivity contribution in [1.82, 2.24) is 14.9 Å². The van der Waals surface area contributed by atoms with Gasteiger partial charge in [-0.25, -0.2) is 9.97 Å². The van der Waals surface area contributed by atoms with E-state index >= 15 is 0 Å². The number of aryl methyl sites for hydroxylation is 1. The molecule has 170 valence electrons. The molecule has 0 unspecified atom stereocenters. The Labute approximate surface area is 196 Å². The minimum Gasteiger partial charge on any atom is -0.296 e. The van der Waals surface area contributed by atoms with Crippen LogP contribution in [0.4, 0.5) is 5.82 Å². The van der Waals surface area contributed by atoms with E-state index in [0.717, 1.165) is 55.3 Å². The molecule has 2 aliphatic heterocycles. The second-order valence-electron chi connectivity index (χ2n) is 9.22. The molecule has 1 saturated heterocycles. The highest BCUT2D eigenvalue weighted by molar-refractivity contribution is 5.95. The van der Waals surface area contributed by atoms with Gasteiger partial charge in [-0.15, -0.1) is 0 Å². The molecule has 3 aromatic rings. The average molecular weight is 441 g/mol. The Kier molecular flexibility index (Phi) is 6.49. The molecule has 2 aromatic carbocycles. The summed E-state index contributed by atoms with van der Waals surface area (Å²) in [5.74, 6) is 1.89. The molecule has 5 heteroatoms. The number of aromatic nitrogens is 2. The van der Waals surface area contributed by atoms with Crippen molar-refractivity contribution in [2.45, 2.75) is 58.0 Å². The number of carbonyl (C=O) groups excluding carboxylic acids is 1. The lowest BCUT2D eigenvalue weighted by atomic mass is 9.98. The van der Waals surface area contributed by atoms with Crippen LogP contribution in [0.1, 0.15) is 59.9 Å². The molecule has 3 heterocycles. The first kappa shape index (κ1) is 21.8. The summed E-state index contributed by atoms with van der Waals surface area (Å²) < 4.78 is 0. The Morgan fingerprint density at radius 2 is 1.64 bits per heavy atom. The van der Waals surface area contributed by atoms with Crippen LogP contribution >= 0.6 is 0 Å². The fourth-order valence-corrected chi connectivity index (χ4v) is 5.16. The van der Waals surface area contributed by atoms with E-state index in [1.165, 1.54) is 24.0 Å². The van der Waals surface area contributed by atoms with Crippen molar-refractivity contribution < 1.29 is 4.79 Å². The van der Waals surface area contributed by atoms with Crippen LogP contribution in [0.2, 0.25) is 0 Å². The zero-order valence-electron chi connectivity index (χ0n) is 19.4. The lowest BCUT2D eigenvalue weighted by Gasteiger charge is -2.36. The number of piperidine rings is 1. The van der Waals surface area contributed by atoms with E-state index in [1.807, 2.05) is 11.0 Å². The van der Waals surface area contributed by atoms with Gasteiger partial charge in [0.1, 0.15) is 11.6 Å². The molecule has 0 bridgehead atoms. The molecule has 1 amide bonds. The molecule has 0 saturated carbocycles. The number of anilines is 1. The quantitative estimate of drug-likeness (QED) is 0.539. The number of carbonyl (C=O) groups is 1. The van der Waals surface area contributed by atoms with Crippen molar-refractivity contribution in [1.29, 1.82) is 0 Å². The first-order valence-electron chi connectivity index (χ1n) is 12.2. The average Bonchev–Trinajstić information content (AvgIpc) is 2.85. The Bertz CT molecular complexity index is 1100. The highest BCUT2D eigenvalue weighted by Gasteiger charge is 2.32. The molecule has 1 aromatic heterocycles. The van der Waals surface area contributed by atoms with Crippen molar-refractivity contribution in [2.75, 3.05) is 18.0 Å². The molecular weight excluding hydrogens is 408 g/mol. The van der Waals surface area contributed by atoms with Gasteiger partial charge in [0.2, 0.25) is 5.91 Å². The zero-order chi connectivity index (χ0) is 22.6. The first-order chi connectivity index (χ1) is 16.2. The molecule has 33 heavy (non-hydrogen) atoms. The predicted molar refractivity (Wildman–Crippen MR) is 131 cm³/mol. The highest BCUT2D eigenvalue weighted by atomic mass is 16.2. The first-order valence-corrected chi connectivity index (χ1v) is 12.2. The molecule has 0 aliphatic carbocycles. The number of nitrogens with zero attached hydrogens (tertiary/aromatic N) is 4. The van der Waals surface area contributed by atoms with Gasteiger partial charge in [0.05, 0.1) is 6.04 Å². The molecule has 5 nitrogen and oxygen atoms in total. The van der Waals surface area contributed by atoms with E-state index in [1.54, 1.807) is 0 Å². The molecule has 0 spiro atoms. The predicted octanol–water partition coefficient (Wildman–Crippen LogP) is 5.03. The minimum atomic E-state index is 0.173. The number of fused-ring (bicyclic) bond motifs is 1. The zero-order valence-corrected chi connectivity index (χ0v) is 19.4. The van der Waals surface area contributed by atoms with Crippen LogP contribution in [0.3, 0.4) is 0 Å². The van der Waals surface area contributed by atoms with Crippen LogP contribution in [-0.4, -0.2) is 33.9 Å². The summed E-state index contributed by atoms with van der Waals surface area (Å²) in [6.45, 7) is 4.70. The van der Waals surface area contributed by atoms with Crippen LogP contribution in [0, 0.1) is 6.92 Å². The molecule has 1 fully saturated rings. The maximum Gasteiger partial charge on any atom is 0.228 e. The summed E-state index contributed by atoms with van der Waals surface area (Å²) in [5, 5.41) is 0. The maximum atomic E-state index is 12.9. The Morgan fingerprint density at radius 3 is 2.39 bits per heavy atom. The summed E-state index contributed by atoms with van der Waals surface area (Å²) in [6, 6.07) is 21.2. The molecular formula is C28H32N4O. The van der Waals surface area contributed by atoms with Gasteiger partial charge in [0, 0.05) is 30.8 Å². The molecule has 5 rings (SSSR count). The third kappa shape index (κ3) is 4.83. The van der Waals surface area contributed by atoms with E-state index in [4.69, 9.17) is 9.97 Å². The van der Waals surface area contributed by atoms with Gasteiger partial charge in [-0.3, -0.25) is 14.6 Å². The second-order valence-corrected chi connectivity index (χ2v) is 9.22. The number of benzene rings is 2. The van der Waals surface area contributed by atoms with Crippen molar-refractivity contribution in [3.05, 3.63) is 88.9 Å². The van der Waals surface area contributed by atoms with Gasteiger partial charge in [-0.2, -0.15) is 0 Å². The van der Waals surface area contributed by atoms with E-state index in [9.17, 15) is 4.79 Å². The molecule has 0 N–H and O–H groups in total. The van der Waals surface area contributed by atoms with Crippen LogP contribution in [-0.2, 0) is 24.2 Å². The van der Waals surface area contributed by atoms with Gasteiger partial charge >= 0.3 is 0 Å². The number of hydrogen-bond acceptors (Lipinski definition) is 4. The normalized spacial score (nSPS) is 18.9. The van der Waals surface area contributed by atoms with Crippen LogP contribution < -0.4 is 4.90 Å². The van der Waals surface area contributed by atoms with E-state index in [0.29, 0.717) is 13.0 Å². The topological polar surface area (TPSA) is 49.3 Å². The minimum absolute atomic E-state index is 0.173. The number of amides is 1. The lowest BCUT2D eigenvalue weighted by molar-refractivity contribution is -0.118. The van der Waals surface area contributed by atoms with Crippen molar-refractivity contribution in [3.63, 3.8) is 0 Å². The molecule has 1 atom stereocenters. The molecule has 0 radical (unpaired) electrons. The fourth-order valence-electron chi connectivity index (χ4n) is 5.16. The monoisotopic (exact) mass is 440 g/mol. The highest BCUT2D eigenvalue weighted by Crippen LogP contribution is 2.34. The Balaban J connectivity index is 1.43. The summed E-state index contributed by atoms with van der Waals surface area (Å²) in [7, 11) is 0. The third-order valence-electron chi connectivity index (χ3n) is 6.96. The van der Waals surface area contributed by atoms with Gasteiger partial charge < -0.3 is 0 Å². The van der Waals surface area contributed by atoms with Crippen molar-refractivity contribution >= 4 is 11.7 Å². The van der Waals surface area contributed by atoms with Gasteiger partial charge in [0.15, 0.2) is 0 Å². The van der Waals surface area contributed by atoms with E-state index in [2.05, 4.69) is 66.4 Å². The number of hydrogen-bond donors (Lipinski definition) is 0. The fraction of sp³-hybridized carbons (Fsp3) is 0.393. The molecule has 2 aliphatic rings. The van der Waals surface area contributed by atoms with Gasteiger partial charge in [-0.1, -0.05) is 67.1 Å². The van der Waals surface area contributed by atoms with Crippen LogP contribution in [0.5, 0.6) is 0 Å². The van der Waals surface area contributed by atoms with Crippen LogP contribution in [0.15, 0.2) is 60.7 Å².